The fourth-order valence-electron chi connectivity index (χ4n) is 3.50. The van der Waals surface area contributed by atoms with Gasteiger partial charge in [0.05, 0.1) is 0 Å². The monoisotopic (exact) mass is 259 g/mol. The van der Waals surface area contributed by atoms with Gasteiger partial charge in [-0.1, -0.05) is 31.2 Å². The minimum absolute atomic E-state index is 0.122. The van der Waals surface area contributed by atoms with Crippen LogP contribution in [0.4, 0.5) is 0 Å². The van der Waals surface area contributed by atoms with E-state index in [0.29, 0.717) is 11.8 Å². The maximum atomic E-state index is 11.3. The topological polar surface area (TPSA) is 29.5 Å². The van der Waals surface area contributed by atoms with Crippen molar-refractivity contribution in [2.24, 2.45) is 0 Å². The van der Waals surface area contributed by atoms with E-state index in [-0.39, 0.29) is 5.97 Å². The van der Waals surface area contributed by atoms with Crippen molar-refractivity contribution < 1.29 is 9.63 Å². The fourth-order valence-corrected chi connectivity index (χ4v) is 3.50. The van der Waals surface area contributed by atoms with Gasteiger partial charge in [0, 0.05) is 19.5 Å². The SMILES string of the molecule is CCC(=O)ON1CCC2(CCc3ccccc32)CC1. The van der Waals surface area contributed by atoms with E-state index in [1.54, 1.807) is 0 Å². The van der Waals surface area contributed by atoms with Crippen molar-refractivity contribution in [3.63, 3.8) is 0 Å². The summed E-state index contributed by atoms with van der Waals surface area (Å²) >= 11 is 0. The van der Waals surface area contributed by atoms with Crippen LogP contribution < -0.4 is 0 Å². The average Bonchev–Trinajstić information content (AvgIpc) is 2.81. The van der Waals surface area contributed by atoms with Crippen LogP contribution in [0.15, 0.2) is 24.3 Å². The van der Waals surface area contributed by atoms with E-state index in [2.05, 4.69) is 24.3 Å². The lowest BCUT2D eigenvalue weighted by molar-refractivity contribution is -0.197. The Bertz CT molecular complexity index is 475. The number of rotatable bonds is 2. The molecule has 0 bridgehead atoms. The summed E-state index contributed by atoms with van der Waals surface area (Å²) in [5.41, 5.74) is 3.39. The molecule has 0 atom stereocenters. The largest absolute Gasteiger partial charge is 0.368 e. The molecule has 1 aromatic carbocycles. The van der Waals surface area contributed by atoms with Gasteiger partial charge < -0.3 is 4.84 Å². The third kappa shape index (κ3) is 2.27. The second-order valence-electron chi connectivity index (χ2n) is 5.68. The Balaban J connectivity index is 1.69. The van der Waals surface area contributed by atoms with Crippen molar-refractivity contribution in [3.05, 3.63) is 35.4 Å². The lowest BCUT2D eigenvalue weighted by Crippen LogP contribution is -2.42. The summed E-state index contributed by atoms with van der Waals surface area (Å²) in [5.74, 6) is -0.122. The average molecular weight is 259 g/mol. The fraction of sp³-hybridized carbons (Fsp3) is 0.562. The summed E-state index contributed by atoms with van der Waals surface area (Å²) in [4.78, 5) is 16.7. The number of hydroxylamine groups is 2. The number of aryl methyl sites for hydroxylation is 1. The molecule has 1 saturated heterocycles. The highest BCUT2D eigenvalue weighted by molar-refractivity contribution is 5.68. The van der Waals surface area contributed by atoms with Gasteiger partial charge in [-0.3, -0.25) is 4.79 Å². The Morgan fingerprint density at radius 1 is 1.26 bits per heavy atom. The summed E-state index contributed by atoms with van der Waals surface area (Å²) < 4.78 is 0. The molecule has 3 heteroatoms. The molecule has 1 spiro atoms. The maximum Gasteiger partial charge on any atom is 0.324 e. The van der Waals surface area contributed by atoms with E-state index in [0.717, 1.165) is 25.9 Å². The molecule has 2 aliphatic rings. The third-order valence-corrected chi connectivity index (χ3v) is 4.66. The van der Waals surface area contributed by atoms with Crippen molar-refractivity contribution in [1.82, 2.24) is 5.06 Å². The van der Waals surface area contributed by atoms with Gasteiger partial charge in [-0.15, -0.1) is 5.06 Å². The van der Waals surface area contributed by atoms with Crippen LogP contribution in [0, 0.1) is 0 Å². The molecule has 102 valence electrons. The molecule has 0 unspecified atom stereocenters. The van der Waals surface area contributed by atoms with Crippen molar-refractivity contribution in [2.45, 2.75) is 44.4 Å². The van der Waals surface area contributed by atoms with Crippen LogP contribution in [0.25, 0.3) is 0 Å². The molecular weight excluding hydrogens is 238 g/mol. The highest BCUT2D eigenvalue weighted by atomic mass is 16.7. The summed E-state index contributed by atoms with van der Waals surface area (Å²) in [5, 5.41) is 1.85. The van der Waals surface area contributed by atoms with Crippen LogP contribution in [0.2, 0.25) is 0 Å². The zero-order valence-corrected chi connectivity index (χ0v) is 11.5. The maximum absolute atomic E-state index is 11.3. The van der Waals surface area contributed by atoms with Crippen molar-refractivity contribution in [1.29, 1.82) is 0 Å². The molecule has 19 heavy (non-hydrogen) atoms. The quantitative estimate of drug-likeness (QED) is 0.818. The number of hydrogen-bond donors (Lipinski definition) is 0. The molecule has 0 amide bonds. The number of piperidine rings is 1. The number of hydrogen-bond acceptors (Lipinski definition) is 3. The number of carbonyl (C=O) groups excluding carboxylic acids is 1. The van der Waals surface area contributed by atoms with E-state index in [9.17, 15) is 4.79 Å². The van der Waals surface area contributed by atoms with E-state index in [1.165, 1.54) is 24.0 Å². The highest BCUT2D eigenvalue weighted by Gasteiger charge is 2.41. The van der Waals surface area contributed by atoms with Crippen molar-refractivity contribution in [2.75, 3.05) is 13.1 Å². The van der Waals surface area contributed by atoms with Crippen LogP contribution in [-0.4, -0.2) is 24.1 Å². The molecule has 1 aliphatic heterocycles. The van der Waals surface area contributed by atoms with Crippen LogP contribution in [0.3, 0.4) is 0 Å². The van der Waals surface area contributed by atoms with Crippen LogP contribution >= 0.6 is 0 Å². The summed E-state index contributed by atoms with van der Waals surface area (Å²) in [7, 11) is 0. The normalized spacial score (nSPS) is 21.3. The lowest BCUT2D eigenvalue weighted by Gasteiger charge is -2.39. The number of nitrogens with zero attached hydrogens (tertiary/aromatic N) is 1. The molecule has 3 nitrogen and oxygen atoms in total. The first kappa shape index (κ1) is 12.7. The van der Waals surface area contributed by atoms with Crippen molar-refractivity contribution in [3.8, 4) is 0 Å². The minimum atomic E-state index is -0.122. The van der Waals surface area contributed by atoms with E-state index in [1.807, 2.05) is 12.0 Å². The lowest BCUT2D eigenvalue weighted by atomic mass is 9.74. The molecule has 1 heterocycles. The first-order chi connectivity index (χ1) is 9.23. The summed E-state index contributed by atoms with van der Waals surface area (Å²) in [6.45, 7) is 3.56. The number of carbonyl (C=O) groups is 1. The molecule has 0 radical (unpaired) electrons. The van der Waals surface area contributed by atoms with Crippen LogP contribution in [0.5, 0.6) is 0 Å². The highest BCUT2D eigenvalue weighted by Crippen LogP contribution is 2.46. The van der Waals surface area contributed by atoms with Crippen molar-refractivity contribution >= 4 is 5.97 Å². The smallest absolute Gasteiger partial charge is 0.324 e. The first-order valence-electron chi connectivity index (χ1n) is 7.28. The van der Waals surface area contributed by atoms with Gasteiger partial charge in [0.15, 0.2) is 0 Å². The zero-order chi connectivity index (χ0) is 13.3. The molecule has 0 saturated carbocycles. The second kappa shape index (κ2) is 4.97. The predicted molar refractivity (Wildman–Crippen MR) is 73.6 cm³/mol. The van der Waals surface area contributed by atoms with Crippen LogP contribution in [0.1, 0.15) is 43.7 Å². The second-order valence-corrected chi connectivity index (χ2v) is 5.68. The van der Waals surface area contributed by atoms with E-state index in [4.69, 9.17) is 4.84 Å². The van der Waals surface area contributed by atoms with Gasteiger partial charge in [0.25, 0.3) is 0 Å². The van der Waals surface area contributed by atoms with Gasteiger partial charge >= 0.3 is 5.97 Å². The molecule has 0 aromatic heterocycles. The molecule has 0 N–H and O–H groups in total. The Labute approximate surface area is 114 Å². The van der Waals surface area contributed by atoms with E-state index >= 15 is 0 Å². The molecule has 3 rings (SSSR count). The zero-order valence-electron chi connectivity index (χ0n) is 11.5. The first-order valence-corrected chi connectivity index (χ1v) is 7.28. The predicted octanol–water partition coefficient (Wildman–Crippen LogP) is 2.83. The van der Waals surface area contributed by atoms with Gasteiger partial charge in [-0.25, -0.2) is 0 Å². The Morgan fingerprint density at radius 2 is 2.00 bits per heavy atom. The number of fused-ring (bicyclic) bond motifs is 2. The Kier molecular flexibility index (Phi) is 3.31. The molecular formula is C16H21NO2. The summed E-state index contributed by atoms with van der Waals surface area (Å²) in [6, 6.07) is 8.83. The van der Waals surface area contributed by atoms with Gasteiger partial charge in [-0.2, -0.15) is 0 Å². The Morgan fingerprint density at radius 3 is 2.74 bits per heavy atom. The van der Waals surface area contributed by atoms with Gasteiger partial charge in [-0.05, 0) is 42.2 Å². The van der Waals surface area contributed by atoms with Gasteiger partial charge in [0.1, 0.15) is 0 Å². The third-order valence-electron chi connectivity index (χ3n) is 4.66. The van der Waals surface area contributed by atoms with E-state index < -0.39 is 0 Å². The Hall–Kier alpha value is -1.35. The summed E-state index contributed by atoms with van der Waals surface area (Å²) in [6.07, 6.45) is 5.10. The molecule has 1 aromatic rings. The van der Waals surface area contributed by atoms with Gasteiger partial charge in [0.2, 0.25) is 0 Å². The molecule has 1 fully saturated rings. The molecule has 1 aliphatic carbocycles. The van der Waals surface area contributed by atoms with Crippen LogP contribution in [-0.2, 0) is 21.5 Å². The number of benzene rings is 1. The standard InChI is InChI=1S/C16H21NO2/c1-2-15(18)19-17-11-9-16(10-12-17)8-7-13-5-3-4-6-14(13)16/h3-6H,2,7-12H2,1H3. The minimum Gasteiger partial charge on any atom is -0.368 e.